The Morgan fingerprint density at radius 2 is 2.22 bits per heavy atom. The molecule has 0 fully saturated rings. The van der Waals surface area contributed by atoms with Crippen LogP contribution >= 0.6 is 0 Å². The summed E-state index contributed by atoms with van der Waals surface area (Å²) < 4.78 is 10.1. The van der Waals surface area contributed by atoms with Crippen LogP contribution in [-0.2, 0) is 17.7 Å². The van der Waals surface area contributed by atoms with E-state index in [0.29, 0.717) is 18.0 Å². The van der Waals surface area contributed by atoms with Crippen LogP contribution in [0, 0.1) is 0 Å². The fraction of sp³-hybridized carbons (Fsp3) is 0.368. The molecule has 3 amide bonds. The van der Waals surface area contributed by atoms with Gasteiger partial charge in [-0.1, -0.05) is 0 Å². The number of aliphatic hydroxyl groups excluding tert-OH is 1. The molecule has 2 aromatic rings. The van der Waals surface area contributed by atoms with Gasteiger partial charge in [-0.05, 0) is 48.7 Å². The predicted molar refractivity (Wildman–Crippen MR) is 99.7 cm³/mol. The number of methoxy groups -OCH3 is 1. The molecule has 0 unspecified atom stereocenters. The molecule has 0 saturated carbocycles. The Hall–Kier alpha value is -3.00. The van der Waals surface area contributed by atoms with E-state index in [2.05, 4.69) is 5.32 Å². The number of anilines is 2. The fourth-order valence-electron chi connectivity index (χ4n) is 3.14. The normalized spacial score (nSPS) is 13.0. The van der Waals surface area contributed by atoms with Crippen LogP contribution in [0.15, 0.2) is 41.0 Å². The van der Waals surface area contributed by atoms with Gasteiger partial charge in [-0.15, -0.1) is 0 Å². The summed E-state index contributed by atoms with van der Waals surface area (Å²) in [6.45, 7) is 0.916. The Labute approximate surface area is 157 Å². The van der Waals surface area contributed by atoms with E-state index >= 15 is 0 Å². The molecule has 0 saturated heterocycles. The summed E-state index contributed by atoms with van der Waals surface area (Å²) in [5.41, 5.74) is 2.41. The number of hydrogen-bond donors (Lipinski definition) is 2. The highest BCUT2D eigenvalue weighted by molar-refractivity contribution is 5.92. The summed E-state index contributed by atoms with van der Waals surface area (Å²) >= 11 is 0. The second kappa shape index (κ2) is 8.59. The van der Waals surface area contributed by atoms with Gasteiger partial charge in [0.25, 0.3) is 0 Å². The first kappa shape index (κ1) is 18.8. The quantitative estimate of drug-likeness (QED) is 0.840. The van der Waals surface area contributed by atoms with Crippen molar-refractivity contribution in [3.63, 3.8) is 0 Å². The number of carbonyl (C=O) groups is 2. The lowest BCUT2D eigenvalue weighted by molar-refractivity contribution is 0.178. The van der Waals surface area contributed by atoms with E-state index in [1.165, 1.54) is 12.0 Å². The number of ether oxygens (including phenoxy) is 1. The lowest BCUT2D eigenvalue weighted by Crippen LogP contribution is -2.37. The van der Waals surface area contributed by atoms with E-state index < -0.39 is 0 Å². The molecule has 2 N–H and O–H groups in total. The van der Waals surface area contributed by atoms with E-state index in [4.69, 9.17) is 9.15 Å². The molecule has 8 heteroatoms. The van der Waals surface area contributed by atoms with Crippen molar-refractivity contribution in [2.45, 2.75) is 19.4 Å². The molecule has 1 aliphatic heterocycles. The smallest absolute Gasteiger partial charge is 0.414 e. The van der Waals surface area contributed by atoms with Crippen LogP contribution in [0.2, 0.25) is 0 Å². The highest BCUT2D eigenvalue weighted by atomic mass is 16.5. The van der Waals surface area contributed by atoms with Gasteiger partial charge in [0, 0.05) is 18.8 Å². The number of fused-ring (bicyclic) bond motifs is 1. The molecular weight excluding hydrogens is 350 g/mol. The molecule has 0 atom stereocenters. The second-order valence-electron chi connectivity index (χ2n) is 6.22. The second-order valence-corrected chi connectivity index (χ2v) is 6.22. The van der Waals surface area contributed by atoms with Gasteiger partial charge in [-0.2, -0.15) is 0 Å². The van der Waals surface area contributed by atoms with Gasteiger partial charge >= 0.3 is 12.1 Å². The van der Waals surface area contributed by atoms with Crippen molar-refractivity contribution < 1.29 is 23.8 Å². The van der Waals surface area contributed by atoms with Gasteiger partial charge in [0.05, 0.1) is 32.2 Å². The Balaban J connectivity index is 1.72. The van der Waals surface area contributed by atoms with Gasteiger partial charge in [0.2, 0.25) is 0 Å². The number of nitrogens with one attached hydrogen (secondary N) is 1. The summed E-state index contributed by atoms with van der Waals surface area (Å²) in [7, 11) is 1.36. The molecule has 0 spiro atoms. The van der Waals surface area contributed by atoms with Crippen LogP contribution in [0.25, 0.3) is 0 Å². The van der Waals surface area contributed by atoms with Crippen molar-refractivity contribution in [3.05, 3.63) is 47.9 Å². The fourth-order valence-corrected chi connectivity index (χ4v) is 3.14. The molecule has 144 valence electrons. The van der Waals surface area contributed by atoms with Crippen molar-refractivity contribution in [3.8, 4) is 0 Å². The van der Waals surface area contributed by atoms with Gasteiger partial charge in [0.1, 0.15) is 5.76 Å². The van der Waals surface area contributed by atoms with Crippen molar-refractivity contribution in [2.75, 3.05) is 37.0 Å². The first-order valence-corrected chi connectivity index (χ1v) is 8.80. The molecule has 0 aliphatic carbocycles. The van der Waals surface area contributed by atoms with Crippen LogP contribution in [-0.4, -0.2) is 48.9 Å². The Kier molecular flexibility index (Phi) is 5.97. The van der Waals surface area contributed by atoms with Crippen LogP contribution in [0.4, 0.5) is 21.0 Å². The number of nitrogens with zero attached hydrogens (tertiary/aromatic N) is 2. The summed E-state index contributed by atoms with van der Waals surface area (Å²) in [6, 6.07) is 8.62. The lowest BCUT2D eigenvalue weighted by Gasteiger charge is -2.29. The maximum absolute atomic E-state index is 12.6. The third-order valence-electron chi connectivity index (χ3n) is 4.43. The van der Waals surface area contributed by atoms with E-state index in [1.54, 1.807) is 29.4 Å². The number of urea groups is 1. The molecule has 1 aliphatic rings. The molecule has 8 nitrogen and oxygen atoms in total. The number of aryl methyl sites for hydroxylation is 1. The average Bonchev–Trinajstić information content (AvgIpc) is 3.19. The van der Waals surface area contributed by atoms with Crippen LogP contribution in [0.3, 0.4) is 0 Å². The van der Waals surface area contributed by atoms with Crippen molar-refractivity contribution in [1.82, 2.24) is 4.90 Å². The lowest BCUT2D eigenvalue weighted by atomic mass is 10.0. The molecular formula is C19H23N3O5. The first-order valence-electron chi connectivity index (χ1n) is 8.80. The van der Waals surface area contributed by atoms with Crippen molar-refractivity contribution in [1.29, 1.82) is 0 Å². The number of carbonyl (C=O) groups excluding carboxylic acids is 2. The number of hydrogen-bond acceptors (Lipinski definition) is 5. The SMILES string of the molecule is COC(=O)N1CCCc2cc(NC(=O)N(CCO)Cc3ccco3)ccc21. The molecule has 3 rings (SSSR count). The van der Waals surface area contributed by atoms with E-state index in [1.807, 2.05) is 12.1 Å². The zero-order valence-corrected chi connectivity index (χ0v) is 15.2. The number of rotatable bonds is 5. The Bertz CT molecular complexity index is 791. The average molecular weight is 373 g/mol. The highest BCUT2D eigenvalue weighted by Crippen LogP contribution is 2.30. The molecule has 27 heavy (non-hydrogen) atoms. The maximum atomic E-state index is 12.6. The monoisotopic (exact) mass is 373 g/mol. The molecule has 2 heterocycles. The van der Waals surface area contributed by atoms with Gasteiger partial charge in [0.15, 0.2) is 0 Å². The molecule has 0 bridgehead atoms. The van der Waals surface area contributed by atoms with Crippen molar-refractivity contribution in [2.24, 2.45) is 0 Å². The van der Waals surface area contributed by atoms with Crippen LogP contribution in [0.5, 0.6) is 0 Å². The van der Waals surface area contributed by atoms with Gasteiger partial charge < -0.3 is 24.5 Å². The zero-order valence-electron chi connectivity index (χ0n) is 15.2. The minimum atomic E-state index is -0.389. The minimum Gasteiger partial charge on any atom is -0.467 e. The van der Waals surface area contributed by atoms with E-state index in [9.17, 15) is 14.7 Å². The molecule has 1 aromatic heterocycles. The van der Waals surface area contributed by atoms with E-state index in [0.717, 1.165) is 24.1 Å². The number of aliphatic hydroxyl groups is 1. The summed E-state index contributed by atoms with van der Waals surface area (Å²) in [6.07, 6.45) is 2.80. The highest BCUT2D eigenvalue weighted by Gasteiger charge is 2.23. The standard InChI is InChI=1S/C19H23N3O5/c1-26-19(25)22-8-2-4-14-12-15(6-7-17(14)22)20-18(24)21(9-10-23)13-16-5-3-11-27-16/h3,5-7,11-12,23H,2,4,8-10,13H2,1H3,(H,20,24). The van der Waals surface area contributed by atoms with Crippen LogP contribution in [0.1, 0.15) is 17.7 Å². The van der Waals surface area contributed by atoms with Gasteiger partial charge in [-0.3, -0.25) is 4.90 Å². The number of amides is 3. The summed E-state index contributed by atoms with van der Waals surface area (Å²) in [4.78, 5) is 27.6. The number of benzene rings is 1. The van der Waals surface area contributed by atoms with Gasteiger partial charge in [-0.25, -0.2) is 9.59 Å². The Morgan fingerprint density at radius 1 is 1.37 bits per heavy atom. The van der Waals surface area contributed by atoms with E-state index in [-0.39, 0.29) is 31.8 Å². The third kappa shape index (κ3) is 4.40. The maximum Gasteiger partial charge on any atom is 0.414 e. The number of furan rings is 1. The Morgan fingerprint density at radius 3 is 2.93 bits per heavy atom. The molecule has 0 radical (unpaired) electrons. The minimum absolute atomic E-state index is 0.146. The summed E-state index contributed by atoms with van der Waals surface area (Å²) in [5, 5.41) is 12.1. The first-order chi connectivity index (χ1) is 13.1. The molecule has 1 aromatic carbocycles. The summed E-state index contributed by atoms with van der Waals surface area (Å²) in [5.74, 6) is 0.637. The third-order valence-corrected chi connectivity index (χ3v) is 4.43. The largest absolute Gasteiger partial charge is 0.467 e. The zero-order chi connectivity index (χ0) is 19.2. The topological polar surface area (TPSA) is 95.2 Å². The predicted octanol–water partition coefficient (Wildman–Crippen LogP) is 2.83. The van der Waals surface area contributed by atoms with Crippen molar-refractivity contribution >= 4 is 23.5 Å². The van der Waals surface area contributed by atoms with Crippen LogP contribution < -0.4 is 10.2 Å².